The summed E-state index contributed by atoms with van der Waals surface area (Å²) in [7, 11) is 3.88. The fourth-order valence-electron chi connectivity index (χ4n) is 3.59. The molecule has 0 bridgehead atoms. The fourth-order valence-corrected chi connectivity index (χ4v) is 3.59. The van der Waals surface area contributed by atoms with Gasteiger partial charge in [-0.2, -0.15) is 0 Å². The lowest BCUT2D eigenvalue weighted by molar-refractivity contribution is 0.312. The molecule has 0 aliphatic carbocycles. The molecule has 0 atom stereocenters. The highest BCUT2D eigenvalue weighted by molar-refractivity contribution is 14.0. The Morgan fingerprint density at radius 2 is 1.84 bits per heavy atom. The number of hydrogen-bond acceptors (Lipinski definition) is 5. The second-order valence-electron chi connectivity index (χ2n) is 7.99. The van der Waals surface area contributed by atoms with Crippen molar-refractivity contribution in [2.75, 3.05) is 58.3 Å². The van der Waals surface area contributed by atoms with Crippen molar-refractivity contribution in [3.8, 4) is 5.75 Å². The number of guanidine groups is 1. The maximum atomic E-state index is 5.42. The first-order chi connectivity index (χ1) is 15.1. The molecule has 0 saturated carbocycles. The van der Waals surface area contributed by atoms with E-state index in [0.717, 1.165) is 74.3 Å². The van der Waals surface area contributed by atoms with Crippen molar-refractivity contribution in [3.63, 3.8) is 0 Å². The maximum Gasteiger partial charge on any atom is 0.191 e. The number of methoxy groups -OCH3 is 1. The van der Waals surface area contributed by atoms with Gasteiger partial charge in [-0.15, -0.1) is 24.0 Å². The molecule has 0 unspecified atom stereocenters. The smallest absolute Gasteiger partial charge is 0.191 e. The second-order valence-corrected chi connectivity index (χ2v) is 7.99. The van der Waals surface area contributed by atoms with Crippen LogP contribution in [0.5, 0.6) is 5.75 Å². The van der Waals surface area contributed by atoms with Crippen LogP contribution in [0.3, 0.4) is 0 Å². The Balaban J connectivity index is 0.00000363. The number of nitrogens with zero attached hydrogens (tertiary/aromatic N) is 4. The standard InChI is InChI=1S/C24H36N6O.HI/c1-5-25-24(26-11-10-20-7-6-19(2)22(16-20)31-4)28-18-21-8-9-23(27-17-21)30-14-12-29(3)13-15-30;/h6-9,16-17H,5,10-15,18H2,1-4H3,(H2,25,26,28);1H. The van der Waals surface area contributed by atoms with Gasteiger partial charge in [-0.25, -0.2) is 9.98 Å². The third-order valence-electron chi connectivity index (χ3n) is 5.58. The predicted molar refractivity (Wildman–Crippen MR) is 144 cm³/mol. The lowest BCUT2D eigenvalue weighted by Crippen LogP contribution is -2.44. The van der Waals surface area contributed by atoms with E-state index in [-0.39, 0.29) is 24.0 Å². The molecule has 2 heterocycles. The largest absolute Gasteiger partial charge is 0.496 e. The van der Waals surface area contributed by atoms with Gasteiger partial charge < -0.3 is 25.2 Å². The molecule has 8 heteroatoms. The predicted octanol–water partition coefficient (Wildman–Crippen LogP) is 3.07. The van der Waals surface area contributed by atoms with Crippen LogP contribution in [0.4, 0.5) is 5.82 Å². The van der Waals surface area contributed by atoms with Crippen LogP contribution in [-0.2, 0) is 13.0 Å². The first kappa shape index (κ1) is 26.2. The summed E-state index contributed by atoms with van der Waals surface area (Å²) in [4.78, 5) is 14.1. The number of pyridine rings is 1. The molecule has 0 spiro atoms. The summed E-state index contributed by atoms with van der Waals surface area (Å²) in [5.41, 5.74) is 3.51. The topological polar surface area (TPSA) is 65.0 Å². The Morgan fingerprint density at radius 3 is 2.50 bits per heavy atom. The number of piperazine rings is 1. The number of aliphatic imine (C=N–C) groups is 1. The van der Waals surface area contributed by atoms with Crippen molar-refractivity contribution in [2.45, 2.75) is 26.8 Å². The number of anilines is 1. The van der Waals surface area contributed by atoms with Crippen LogP contribution >= 0.6 is 24.0 Å². The number of nitrogens with one attached hydrogen (secondary N) is 2. The Hall–Kier alpha value is -2.07. The summed E-state index contributed by atoms with van der Waals surface area (Å²) in [6.07, 6.45) is 2.85. The van der Waals surface area contributed by atoms with Crippen molar-refractivity contribution in [3.05, 3.63) is 53.2 Å². The van der Waals surface area contributed by atoms with Crippen molar-refractivity contribution < 1.29 is 4.74 Å². The third kappa shape index (κ3) is 7.81. The van der Waals surface area contributed by atoms with E-state index >= 15 is 0 Å². The van der Waals surface area contributed by atoms with Crippen LogP contribution in [0.15, 0.2) is 41.5 Å². The number of aryl methyl sites for hydroxylation is 1. The zero-order valence-corrected chi connectivity index (χ0v) is 22.1. The Bertz CT molecular complexity index is 850. The summed E-state index contributed by atoms with van der Waals surface area (Å²) < 4.78 is 5.42. The molecule has 1 saturated heterocycles. The zero-order chi connectivity index (χ0) is 22.1. The Labute approximate surface area is 209 Å². The molecule has 32 heavy (non-hydrogen) atoms. The molecule has 1 aliphatic heterocycles. The molecule has 1 aliphatic rings. The van der Waals surface area contributed by atoms with Gasteiger partial charge in [0, 0.05) is 45.5 Å². The molecule has 1 aromatic carbocycles. The fraction of sp³-hybridized carbons (Fsp3) is 0.500. The van der Waals surface area contributed by atoms with E-state index < -0.39 is 0 Å². The van der Waals surface area contributed by atoms with E-state index in [1.165, 1.54) is 5.56 Å². The maximum absolute atomic E-state index is 5.42. The van der Waals surface area contributed by atoms with E-state index in [4.69, 9.17) is 9.73 Å². The second kappa shape index (κ2) is 13.5. The van der Waals surface area contributed by atoms with Gasteiger partial charge in [-0.05, 0) is 56.1 Å². The van der Waals surface area contributed by atoms with Gasteiger partial charge in [-0.3, -0.25) is 0 Å². The van der Waals surface area contributed by atoms with Crippen LogP contribution in [0.2, 0.25) is 0 Å². The van der Waals surface area contributed by atoms with Crippen molar-refractivity contribution >= 4 is 35.8 Å². The van der Waals surface area contributed by atoms with Crippen LogP contribution in [0.1, 0.15) is 23.6 Å². The minimum absolute atomic E-state index is 0. The lowest BCUT2D eigenvalue weighted by Gasteiger charge is -2.33. The van der Waals surface area contributed by atoms with Gasteiger partial charge >= 0.3 is 0 Å². The van der Waals surface area contributed by atoms with Gasteiger partial charge in [0.15, 0.2) is 5.96 Å². The number of halogens is 1. The van der Waals surface area contributed by atoms with Gasteiger partial charge in [-0.1, -0.05) is 18.2 Å². The normalized spacial score (nSPS) is 14.6. The highest BCUT2D eigenvalue weighted by atomic mass is 127. The number of hydrogen-bond donors (Lipinski definition) is 2. The quantitative estimate of drug-likeness (QED) is 0.298. The number of benzene rings is 1. The highest BCUT2D eigenvalue weighted by Crippen LogP contribution is 2.19. The van der Waals surface area contributed by atoms with E-state index in [1.807, 2.05) is 6.20 Å². The summed E-state index contributed by atoms with van der Waals surface area (Å²) in [5, 5.41) is 6.74. The van der Waals surface area contributed by atoms with E-state index in [2.05, 4.69) is 76.6 Å². The van der Waals surface area contributed by atoms with E-state index in [9.17, 15) is 0 Å². The average molecular weight is 553 g/mol. The minimum Gasteiger partial charge on any atom is -0.496 e. The first-order valence-electron chi connectivity index (χ1n) is 11.1. The summed E-state index contributed by atoms with van der Waals surface area (Å²) in [6.45, 7) is 10.6. The number of ether oxygens (including phenoxy) is 1. The van der Waals surface area contributed by atoms with E-state index in [1.54, 1.807) is 7.11 Å². The van der Waals surface area contributed by atoms with Crippen LogP contribution in [0, 0.1) is 6.92 Å². The van der Waals surface area contributed by atoms with Crippen LogP contribution in [-0.4, -0.2) is 69.3 Å². The first-order valence-corrected chi connectivity index (χ1v) is 11.1. The molecule has 176 valence electrons. The average Bonchev–Trinajstić information content (AvgIpc) is 2.79. The van der Waals surface area contributed by atoms with E-state index in [0.29, 0.717) is 6.54 Å². The molecule has 7 nitrogen and oxygen atoms in total. The molecule has 1 fully saturated rings. The zero-order valence-electron chi connectivity index (χ0n) is 19.7. The third-order valence-corrected chi connectivity index (χ3v) is 5.58. The SMILES string of the molecule is CCNC(=NCc1ccc(N2CCN(C)CC2)nc1)NCCc1ccc(C)c(OC)c1.I. The summed E-state index contributed by atoms with van der Waals surface area (Å²) in [6, 6.07) is 10.6. The lowest BCUT2D eigenvalue weighted by atomic mass is 10.1. The molecule has 0 radical (unpaired) electrons. The van der Waals surface area contributed by atoms with Crippen molar-refractivity contribution in [1.82, 2.24) is 20.5 Å². The number of likely N-dealkylation sites (N-methyl/N-ethyl adjacent to an activating group) is 1. The van der Waals surface area contributed by atoms with Crippen molar-refractivity contribution in [1.29, 1.82) is 0 Å². The molecule has 1 aromatic heterocycles. The highest BCUT2D eigenvalue weighted by Gasteiger charge is 2.14. The van der Waals surface area contributed by atoms with Crippen LogP contribution < -0.4 is 20.3 Å². The summed E-state index contributed by atoms with van der Waals surface area (Å²) >= 11 is 0. The van der Waals surface area contributed by atoms with Gasteiger partial charge in [0.25, 0.3) is 0 Å². The monoisotopic (exact) mass is 552 g/mol. The minimum atomic E-state index is 0. The van der Waals surface area contributed by atoms with Crippen LogP contribution in [0.25, 0.3) is 0 Å². The molecular weight excluding hydrogens is 515 g/mol. The molecule has 3 rings (SSSR count). The summed E-state index contributed by atoms with van der Waals surface area (Å²) in [5.74, 6) is 2.81. The number of aromatic nitrogens is 1. The molecule has 2 N–H and O–H groups in total. The molecule has 2 aromatic rings. The Kier molecular flexibility index (Phi) is 11.0. The molecular formula is C24H37IN6O. The van der Waals surface area contributed by atoms with Gasteiger partial charge in [0.1, 0.15) is 11.6 Å². The van der Waals surface area contributed by atoms with Gasteiger partial charge in [0.2, 0.25) is 0 Å². The molecule has 0 amide bonds. The van der Waals surface area contributed by atoms with Crippen molar-refractivity contribution in [2.24, 2.45) is 4.99 Å². The number of rotatable bonds is 8. The van der Waals surface area contributed by atoms with Gasteiger partial charge in [0.05, 0.1) is 13.7 Å². The Morgan fingerprint density at radius 1 is 1.09 bits per heavy atom.